The Kier molecular flexibility index (Phi) is 5.18. The first-order valence-electron chi connectivity index (χ1n) is 8.12. The minimum absolute atomic E-state index is 0.116. The number of carbonyl (C=O) groups is 1. The van der Waals surface area contributed by atoms with Crippen LogP contribution in [0.15, 0.2) is 52.9 Å². The van der Waals surface area contributed by atoms with E-state index in [9.17, 15) is 9.18 Å². The Labute approximate surface area is 144 Å². The highest BCUT2D eigenvalue weighted by atomic mass is 19.1. The number of anilines is 1. The summed E-state index contributed by atoms with van der Waals surface area (Å²) in [4.78, 5) is 12.1. The van der Waals surface area contributed by atoms with Gasteiger partial charge in [0, 0.05) is 18.5 Å². The first-order chi connectivity index (χ1) is 12.2. The Morgan fingerprint density at radius 2 is 1.88 bits per heavy atom. The van der Waals surface area contributed by atoms with Crippen LogP contribution in [0.4, 0.5) is 10.1 Å². The van der Waals surface area contributed by atoms with Gasteiger partial charge in [-0.25, -0.2) is 4.39 Å². The van der Waals surface area contributed by atoms with Crippen LogP contribution in [0.1, 0.15) is 24.8 Å². The Morgan fingerprint density at radius 1 is 1.12 bits per heavy atom. The van der Waals surface area contributed by atoms with Crippen LogP contribution in [0.25, 0.3) is 11.5 Å². The highest BCUT2D eigenvalue weighted by Crippen LogP contribution is 2.21. The van der Waals surface area contributed by atoms with Crippen molar-refractivity contribution in [2.75, 3.05) is 5.32 Å². The number of aromatic nitrogens is 2. The van der Waals surface area contributed by atoms with E-state index in [2.05, 4.69) is 15.5 Å². The second-order valence-electron chi connectivity index (χ2n) is 5.54. The SMILES string of the molecule is CCc1ccccc1NC(=O)CCc1nnc(-c2ccccc2F)o1. The summed E-state index contributed by atoms with van der Waals surface area (Å²) in [6.07, 6.45) is 1.34. The van der Waals surface area contributed by atoms with Crippen LogP contribution in [-0.2, 0) is 17.6 Å². The van der Waals surface area contributed by atoms with Gasteiger partial charge in [0.2, 0.25) is 11.8 Å². The molecule has 0 fully saturated rings. The average molecular weight is 339 g/mol. The lowest BCUT2D eigenvalue weighted by Crippen LogP contribution is -2.13. The Morgan fingerprint density at radius 3 is 2.68 bits per heavy atom. The second-order valence-corrected chi connectivity index (χ2v) is 5.54. The number of carbonyl (C=O) groups excluding carboxylic acids is 1. The van der Waals surface area contributed by atoms with Gasteiger partial charge in [0.1, 0.15) is 5.82 Å². The van der Waals surface area contributed by atoms with Crippen LogP contribution in [-0.4, -0.2) is 16.1 Å². The number of aryl methyl sites for hydroxylation is 2. The Balaban J connectivity index is 1.61. The maximum absolute atomic E-state index is 13.7. The van der Waals surface area contributed by atoms with Crippen molar-refractivity contribution in [3.8, 4) is 11.5 Å². The zero-order valence-electron chi connectivity index (χ0n) is 13.8. The van der Waals surface area contributed by atoms with Gasteiger partial charge < -0.3 is 9.73 Å². The summed E-state index contributed by atoms with van der Waals surface area (Å²) >= 11 is 0. The van der Waals surface area contributed by atoms with Gasteiger partial charge in [0.25, 0.3) is 5.89 Å². The van der Waals surface area contributed by atoms with Gasteiger partial charge in [-0.2, -0.15) is 0 Å². The topological polar surface area (TPSA) is 68.0 Å². The van der Waals surface area contributed by atoms with Gasteiger partial charge in [0.05, 0.1) is 5.56 Å². The predicted molar refractivity (Wildman–Crippen MR) is 92.5 cm³/mol. The third kappa shape index (κ3) is 4.09. The summed E-state index contributed by atoms with van der Waals surface area (Å²) in [5.41, 5.74) is 2.14. The van der Waals surface area contributed by atoms with Crippen molar-refractivity contribution in [1.29, 1.82) is 0 Å². The van der Waals surface area contributed by atoms with E-state index in [1.807, 2.05) is 31.2 Å². The van der Waals surface area contributed by atoms with E-state index in [1.54, 1.807) is 18.2 Å². The lowest BCUT2D eigenvalue weighted by Gasteiger charge is -2.08. The first-order valence-corrected chi connectivity index (χ1v) is 8.12. The van der Waals surface area contributed by atoms with Crippen LogP contribution in [0, 0.1) is 5.82 Å². The molecule has 0 saturated carbocycles. The number of benzene rings is 2. The molecule has 5 nitrogen and oxygen atoms in total. The largest absolute Gasteiger partial charge is 0.421 e. The number of halogens is 1. The first kappa shape index (κ1) is 16.8. The molecule has 3 rings (SSSR count). The summed E-state index contributed by atoms with van der Waals surface area (Å²) in [7, 11) is 0. The highest BCUT2D eigenvalue weighted by Gasteiger charge is 2.14. The maximum Gasteiger partial charge on any atom is 0.250 e. The fourth-order valence-corrected chi connectivity index (χ4v) is 2.48. The molecule has 2 aromatic carbocycles. The molecule has 6 heteroatoms. The van der Waals surface area contributed by atoms with E-state index in [4.69, 9.17) is 4.42 Å². The molecule has 0 aliphatic rings. The van der Waals surface area contributed by atoms with Crippen LogP contribution < -0.4 is 5.32 Å². The second kappa shape index (κ2) is 7.70. The molecule has 3 aromatic rings. The fraction of sp³-hybridized carbons (Fsp3) is 0.211. The van der Waals surface area contributed by atoms with Crippen LogP contribution in [0.5, 0.6) is 0 Å². The van der Waals surface area contributed by atoms with E-state index >= 15 is 0 Å². The van der Waals surface area contributed by atoms with Crippen molar-refractivity contribution < 1.29 is 13.6 Å². The highest BCUT2D eigenvalue weighted by molar-refractivity contribution is 5.91. The number of hydrogen-bond donors (Lipinski definition) is 1. The zero-order valence-corrected chi connectivity index (χ0v) is 13.8. The third-order valence-corrected chi connectivity index (χ3v) is 3.81. The molecular weight excluding hydrogens is 321 g/mol. The van der Waals surface area contributed by atoms with E-state index in [-0.39, 0.29) is 23.8 Å². The molecule has 1 heterocycles. The molecule has 0 atom stereocenters. The van der Waals surface area contributed by atoms with E-state index in [1.165, 1.54) is 6.07 Å². The molecule has 1 N–H and O–H groups in total. The zero-order chi connectivity index (χ0) is 17.6. The van der Waals surface area contributed by atoms with Gasteiger partial charge in [-0.15, -0.1) is 10.2 Å². The molecule has 0 aliphatic heterocycles. The molecule has 0 aliphatic carbocycles. The number of hydrogen-bond acceptors (Lipinski definition) is 4. The van der Waals surface area contributed by atoms with Gasteiger partial charge in [-0.05, 0) is 30.2 Å². The predicted octanol–water partition coefficient (Wildman–Crippen LogP) is 4.01. The maximum atomic E-state index is 13.7. The third-order valence-electron chi connectivity index (χ3n) is 3.81. The lowest BCUT2D eigenvalue weighted by atomic mass is 10.1. The molecule has 0 radical (unpaired) electrons. The Bertz CT molecular complexity index is 876. The molecule has 1 amide bonds. The summed E-state index contributed by atoms with van der Waals surface area (Å²) in [6.45, 7) is 2.04. The van der Waals surface area contributed by atoms with Gasteiger partial charge in [0.15, 0.2) is 0 Å². The molecule has 0 bridgehead atoms. The summed E-state index contributed by atoms with van der Waals surface area (Å²) in [5.74, 6) is -0.139. The quantitative estimate of drug-likeness (QED) is 0.737. The number of nitrogens with one attached hydrogen (secondary N) is 1. The minimum atomic E-state index is -0.424. The van der Waals surface area contributed by atoms with Crippen molar-refractivity contribution in [1.82, 2.24) is 10.2 Å². The van der Waals surface area contributed by atoms with E-state index in [0.717, 1.165) is 17.7 Å². The standard InChI is InChI=1S/C19H18FN3O2/c1-2-13-7-3-6-10-16(13)21-17(24)11-12-18-22-23-19(25-18)14-8-4-5-9-15(14)20/h3-10H,2,11-12H2,1H3,(H,21,24). The van der Waals surface area contributed by atoms with Crippen molar-refractivity contribution in [2.24, 2.45) is 0 Å². The number of amides is 1. The molecule has 25 heavy (non-hydrogen) atoms. The fourth-order valence-electron chi connectivity index (χ4n) is 2.48. The molecule has 1 aromatic heterocycles. The number of rotatable bonds is 6. The van der Waals surface area contributed by atoms with Crippen LogP contribution >= 0.6 is 0 Å². The normalized spacial score (nSPS) is 10.6. The van der Waals surface area contributed by atoms with Gasteiger partial charge >= 0.3 is 0 Å². The van der Waals surface area contributed by atoms with Crippen molar-refractivity contribution >= 4 is 11.6 Å². The Hall–Kier alpha value is -3.02. The van der Waals surface area contributed by atoms with Gasteiger partial charge in [-0.3, -0.25) is 4.79 Å². The van der Waals surface area contributed by atoms with Crippen LogP contribution in [0.3, 0.4) is 0 Å². The minimum Gasteiger partial charge on any atom is -0.421 e. The average Bonchev–Trinajstić information content (AvgIpc) is 3.09. The van der Waals surface area contributed by atoms with Crippen LogP contribution in [0.2, 0.25) is 0 Å². The van der Waals surface area contributed by atoms with Gasteiger partial charge in [-0.1, -0.05) is 37.3 Å². The molecule has 0 unspecified atom stereocenters. The molecule has 0 spiro atoms. The van der Waals surface area contributed by atoms with Crippen molar-refractivity contribution in [2.45, 2.75) is 26.2 Å². The lowest BCUT2D eigenvalue weighted by molar-refractivity contribution is -0.116. The molecule has 0 saturated heterocycles. The summed E-state index contributed by atoms with van der Waals surface area (Å²) < 4.78 is 19.2. The summed E-state index contributed by atoms with van der Waals surface area (Å²) in [5, 5.41) is 10.6. The van der Waals surface area contributed by atoms with Crippen molar-refractivity contribution in [3.05, 3.63) is 65.8 Å². The van der Waals surface area contributed by atoms with E-state index in [0.29, 0.717) is 12.3 Å². The van der Waals surface area contributed by atoms with E-state index < -0.39 is 5.82 Å². The molecular formula is C19H18FN3O2. The smallest absolute Gasteiger partial charge is 0.250 e. The summed E-state index contributed by atoms with van der Waals surface area (Å²) in [6, 6.07) is 13.9. The monoisotopic (exact) mass is 339 g/mol. The van der Waals surface area contributed by atoms with Crippen molar-refractivity contribution in [3.63, 3.8) is 0 Å². The molecule has 128 valence electrons. The number of nitrogens with zero attached hydrogens (tertiary/aromatic N) is 2. The number of para-hydroxylation sites is 1.